The van der Waals surface area contributed by atoms with Crippen molar-refractivity contribution in [2.75, 3.05) is 6.61 Å². The molecule has 5 heteroatoms. The molecule has 0 saturated heterocycles. The molecule has 1 aliphatic carbocycles. The van der Waals surface area contributed by atoms with Crippen LogP contribution in [0, 0.1) is 5.92 Å². The Kier molecular flexibility index (Phi) is 4.03. The topological polar surface area (TPSA) is 45.1 Å². The van der Waals surface area contributed by atoms with Gasteiger partial charge in [-0.25, -0.2) is 4.98 Å². The highest BCUT2D eigenvalue weighted by Crippen LogP contribution is 2.32. The van der Waals surface area contributed by atoms with Crippen LogP contribution in [-0.4, -0.2) is 22.7 Å². The quantitative estimate of drug-likeness (QED) is 0.799. The van der Waals surface area contributed by atoms with Gasteiger partial charge >= 0.3 is 0 Å². The fourth-order valence-corrected chi connectivity index (χ4v) is 2.10. The number of aromatic nitrogens is 1. The molecule has 0 spiro atoms. The van der Waals surface area contributed by atoms with E-state index in [0.29, 0.717) is 22.8 Å². The summed E-state index contributed by atoms with van der Waals surface area (Å²) in [4.78, 5) is 3.97. The minimum Gasteiger partial charge on any atom is -0.395 e. The summed E-state index contributed by atoms with van der Waals surface area (Å²) in [6.45, 7) is 0.786. The summed E-state index contributed by atoms with van der Waals surface area (Å²) in [5, 5.41) is 13.3. The molecule has 0 radical (unpaired) electrons. The molecule has 0 amide bonds. The fourth-order valence-electron chi connectivity index (χ4n) is 1.69. The number of hydrogen-bond donors (Lipinski definition) is 2. The third kappa shape index (κ3) is 3.08. The molecule has 88 valence electrons. The molecule has 2 N–H and O–H groups in total. The zero-order valence-corrected chi connectivity index (χ0v) is 10.3. The van der Waals surface area contributed by atoms with E-state index in [0.717, 1.165) is 5.56 Å². The van der Waals surface area contributed by atoms with Gasteiger partial charge in [0.25, 0.3) is 0 Å². The summed E-state index contributed by atoms with van der Waals surface area (Å²) in [5.41, 5.74) is 0.908. The van der Waals surface area contributed by atoms with Gasteiger partial charge in [0.15, 0.2) is 0 Å². The maximum Gasteiger partial charge on any atom is 0.135 e. The van der Waals surface area contributed by atoms with Gasteiger partial charge in [-0.1, -0.05) is 29.3 Å². The summed E-state index contributed by atoms with van der Waals surface area (Å²) in [7, 11) is 0. The molecular weight excluding hydrogens is 247 g/mol. The molecular formula is C11H14Cl2N2O. The van der Waals surface area contributed by atoms with E-state index in [1.54, 1.807) is 6.07 Å². The number of aliphatic hydroxyl groups is 1. The predicted octanol–water partition coefficient (Wildman–Crippen LogP) is 2.25. The lowest BCUT2D eigenvalue weighted by molar-refractivity contribution is 0.227. The van der Waals surface area contributed by atoms with E-state index in [4.69, 9.17) is 23.2 Å². The van der Waals surface area contributed by atoms with E-state index in [1.165, 1.54) is 12.8 Å². The minimum atomic E-state index is 0.170. The highest BCUT2D eigenvalue weighted by molar-refractivity contribution is 6.32. The van der Waals surface area contributed by atoms with Crippen LogP contribution in [0.5, 0.6) is 0 Å². The normalized spacial score (nSPS) is 17.4. The monoisotopic (exact) mass is 260 g/mol. The fraction of sp³-hybridized carbons (Fsp3) is 0.545. The molecule has 1 saturated carbocycles. The van der Waals surface area contributed by atoms with Gasteiger partial charge in [0, 0.05) is 18.2 Å². The summed E-state index contributed by atoms with van der Waals surface area (Å²) in [5.74, 6) is 0.615. The summed E-state index contributed by atoms with van der Waals surface area (Å²) in [6.07, 6.45) is 2.40. The largest absolute Gasteiger partial charge is 0.395 e. The number of rotatable bonds is 5. The zero-order chi connectivity index (χ0) is 11.5. The Labute approximate surface area is 105 Å². The molecule has 0 bridgehead atoms. The number of halogens is 2. The molecule has 3 nitrogen and oxygen atoms in total. The van der Waals surface area contributed by atoms with E-state index in [-0.39, 0.29) is 12.6 Å². The van der Waals surface area contributed by atoms with E-state index in [1.807, 2.05) is 6.07 Å². The van der Waals surface area contributed by atoms with Crippen LogP contribution in [-0.2, 0) is 6.54 Å². The van der Waals surface area contributed by atoms with Gasteiger partial charge in [-0.15, -0.1) is 0 Å². The smallest absolute Gasteiger partial charge is 0.135 e. The Morgan fingerprint density at radius 3 is 2.75 bits per heavy atom. The van der Waals surface area contributed by atoms with Crippen molar-refractivity contribution in [3.05, 3.63) is 28.0 Å². The van der Waals surface area contributed by atoms with Gasteiger partial charge < -0.3 is 10.4 Å². The minimum absolute atomic E-state index is 0.170. The first-order chi connectivity index (χ1) is 7.70. The number of nitrogens with zero attached hydrogens (tertiary/aromatic N) is 1. The van der Waals surface area contributed by atoms with Crippen molar-refractivity contribution in [1.29, 1.82) is 0 Å². The number of aliphatic hydroxyl groups excluding tert-OH is 1. The second-order valence-electron chi connectivity index (χ2n) is 4.09. The molecule has 16 heavy (non-hydrogen) atoms. The third-order valence-electron chi connectivity index (χ3n) is 2.83. The van der Waals surface area contributed by atoms with Crippen molar-refractivity contribution in [3.8, 4) is 0 Å². The second-order valence-corrected chi connectivity index (χ2v) is 4.84. The Morgan fingerprint density at radius 1 is 1.44 bits per heavy atom. The highest BCUT2D eigenvalue weighted by atomic mass is 35.5. The van der Waals surface area contributed by atoms with Gasteiger partial charge in [-0.2, -0.15) is 0 Å². The molecule has 1 aromatic heterocycles. The van der Waals surface area contributed by atoms with E-state index < -0.39 is 0 Å². The summed E-state index contributed by atoms with van der Waals surface area (Å²) >= 11 is 11.7. The molecule has 1 unspecified atom stereocenters. The van der Waals surface area contributed by atoms with Gasteiger partial charge in [0.05, 0.1) is 6.61 Å². The van der Waals surface area contributed by atoms with Crippen LogP contribution in [0.1, 0.15) is 18.4 Å². The van der Waals surface area contributed by atoms with Gasteiger partial charge in [-0.05, 0) is 24.8 Å². The van der Waals surface area contributed by atoms with E-state index in [9.17, 15) is 5.11 Å². The van der Waals surface area contributed by atoms with Crippen molar-refractivity contribution in [2.45, 2.75) is 25.4 Å². The molecule has 1 aromatic rings. The molecule has 1 aliphatic rings. The highest BCUT2D eigenvalue weighted by Gasteiger charge is 2.30. The number of nitrogens with one attached hydrogen (secondary N) is 1. The van der Waals surface area contributed by atoms with Crippen molar-refractivity contribution in [3.63, 3.8) is 0 Å². The molecule has 0 aromatic carbocycles. The Bertz CT molecular complexity index is 369. The van der Waals surface area contributed by atoms with Gasteiger partial charge in [0.1, 0.15) is 10.3 Å². The van der Waals surface area contributed by atoms with Crippen molar-refractivity contribution in [2.24, 2.45) is 5.92 Å². The Morgan fingerprint density at radius 2 is 2.19 bits per heavy atom. The van der Waals surface area contributed by atoms with Crippen LogP contribution in [0.25, 0.3) is 0 Å². The van der Waals surface area contributed by atoms with Crippen LogP contribution < -0.4 is 5.32 Å². The molecule has 2 rings (SSSR count). The van der Waals surface area contributed by atoms with Crippen LogP contribution in [0.3, 0.4) is 0 Å². The summed E-state index contributed by atoms with van der Waals surface area (Å²) < 4.78 is 0. The number of hydrogen-bond acceptors (Lipinski definition) is 3. The SMILES string of the molecule is OCC(NCc1ccc(Cl)nc1Cl)C1CC1. The first-order valence-electron chi connectivity index (χ1n) is 5.36. The average molecular weight is 261 g/mol. The molecule has 1 heterocycles. The van der Waals surface area contributed by atoms with Crippen molar-refractivity contribution in [1.82, 2.24) is 10.3 Å². The van der Waals surface area contributed by atoms with E-state index >= 15 is 0 Å². The van der Waals surface area contributed by atoms with Crippen LogP contribution in [0.15, 0.2) is 12.1 Å². The lowest BCUT2D eigenvalue weighted by atomic mass is 10.2. The lowest BCUT2D eigenvalue weighted by Crippen LogP contribution is -2.34. The van der Waals surface area contributed by atoms with Crippen molar-refractivity contribution >= 4 is 23.2 Å². The average Bonchev–Trinajstić information content (AvgIpc) is 3.06. The van der Waals surface area contributed by atoms with Gasteiger partial charge in [-0.3, -0.25) is 0 Å². The first-order valence-corrected chi connectivity index (χ1v) is 6.11. The first kappa shape index (κ1) is 12.1. The standard InChI is InChI=1S/C11H14Cl2N2O/c12-10-4-3-8(11(13)15-10)5-14-9(6-16)7-1-2-7/h3-4,7,9,14,16H,1-2,5-6H2. The predicted molar refractivity (Wildman–Crippen MR) is 64.7 cm³/mol. The second kappa shape index (κ2) is 5.32. The van der Waals surface area contributed by atoms with Crippen LogP contribution in [0.2, 0.25) is 10.3 Å². The Balaban J connectivity index is 1.92. The van der Waals surface area contributed by atoms with Crippen molar-refractivity contribution < 1.29 is 5.11 Å². The zero-order valence-electron chi connectivity index (χ0n) is 8.79. The maximum absolute atomic E-state index is 9.20. The Hall–Kier alpha value is -0.350. The van der Waals surface area contributed by atoms with Gasteiger partial charge in [0.2, 0.25) is 0 Å². The van der Waals surface area contributed by atoms with Crippen LogP contribution >= 0.6 is 23.2 Å². The molecule has 1 atom stereocenters. The number of pyridine rings is 1. The lowest BCUT2D eigenvalue weighted by Gasteiger charge is -2.15. The maximum atomic E-state index is 9.20. The van der Waals surface area contributed by atoms with Crippen LogP contribution in [0.4, 0.5) is 0 Å². The molecule has 0 aliphatic heterocycles. The summed E-state index contributed by atoms with van der Waals surface area (Å²) in [6, 6.07) is 3.74. The van der Waals surface area contributed by atoms with E-state index in [2.05, 4.69) is 10.3 Å². The molecule has 1 fully saturated rings. The third-order valence-corrected chi connectivity index (χ3v) is 3.37.